The van der Waals surface area contributed by atoms with E-state index in [4.69, 9.17) is 16.0 Å². The number of amides is 1. The molecule has 0 spiro atoms. The molecule has 2 heterocycles. The van der Waals surface area contributed by atoms with E-state index in [1.54, 1.807) is 17.0 Å². The lowest BCUT2D eigenvalue weighted by atomic mass is 10.2. The first-order chi connectivity index (χ1) is 11.8. The maximum Gasteiger partial charge on any atom is 0.420 e. The van der Waals surface area contributed by atoms with Crippen LogP contribution in [0.15, 0.2) is 27.4 Å². The molecule has 9 heteroatoms. The number of carbonyl (C=O) groups is 1. The van der Waals surface area contributed by atoms with Crippen molar-refractivity contribution >= 4 is 38.4 Å². The molecular formula is C16H17ClN2O5S. The molecule has 1 aliphatic carbocycles. The molecule has 2 aliphatic rings. The smallest absolute Gasteiger partial charge is 0.408 e. The topological polar surface area (TPSA) is 89.6 Å². The number of hydrogen-bond donors (Lipinski definition) is 0. The lowest BCUT2D eigenvalue weighted by Crippen LogP contribution is -2.45. The van der Waals surface area contributed by atoms with Gasteiger partial charge in [0, 0.05) is 23.2 Å². The maximum absolute atomic E-state index is 12.9. The van der Waals surface area contributed by atoms with E-state index in [0.717, 1.165) is 12.8 Å². The van der Waals surface area contributed by atoms with Crippen molar-refractivity contribution in [3.05, 3.63) is 33.8 Å². The lowest BCUT2D eigenvalue weighted by Gasteiger charge is -2.28. The minimum absolute atomic E-state index is 0.00583. The van der Waals surface area contributed by atoms with Crippen LogP contribution in [0.5, 0.6) is 0 Å². The molecule has 1 aromatic heterocycles. The first-order valence-corrected chi connectivity index (χ1v) is 10.3. The monoisotopic (exact) mass is 384 g/mol. The zero-order valence-corrected chi connectivity index (χ0v) is 14.9. The molecule has 2 aromatic rings. The van der Waals surface area contributed by atoms with Gasteiger partial charge in [-0.1, -0.05) is 11.6 Å². The number of sulfone groups is 1. The molecule has 0 bridgehead atoms. The molecule has 1 aliphatic heterocycles. The van der Waals surface area contributed by atoms with Gasteiger partial charge in [0.1, 0.15) is 6.54 Å². The minimum atomic E-state index is -3.08. The third kappa shape index (κ3) is 3.20. The molecule has 4 rings (SSSR count). The number of carbonyl (C=O) groups excluding carboxylic acids is 1. The summed E-state index contributed by atoms with van der Waals surface area (Å²) in [6, 6.07) is 4.57. The molecule has 1 aromatic carbocycles. The summed E-state index contributed by atoms with van der Waals surface area (Å²) in [7, 11) is -3.08. The van der Waals surface area contributed by atoms with Crippen molar-refractivity contribution in [2.75, 3.05) is 11.5 Å². The SMILES string of the molecule is O=C(Cn1c(=O)oc2cc(Cl)ccc21)N(C1CC1)[C@H]1CCS(=O)(=O)C1. The molecule has 1 atom stereocenters. The normalized spacial score (nSPS) is 22.4. The second-order valence-corrected chi connectivity index (χ2v) is 9.32. The van der Waals surface area contributed by atoms with Gasteiger partial charge in [0.25, 0.3) is 0 Å². The number of fused-ring (bicyclic) bond motifs is 1. The van der Waals surface area contributed by atoms with Crippen LogP contribution in [-0.2, 0) is 21.2 Å². The Hall–Kier alpha value is -1.80. The van der Waals surface area contributed by atoms with Gasteiger partial charge < -0.3 is 9.32 Å². The fraction of sp³-hybridized carbons (Fsp3) is 0.500. The standard InChI is InChI=1S/C16H17ClN2O5S/c17-10-1-4-13-14(7-10)24-16(21)18(13)8-15(20)19(11-2-3-11)12-5-6-25(22,23)9-12/h1,4,7,11-12H,2-3,5-6,8-9H2/t12-/m0/s1. The number of rotatable bonds is 4. The Morgan fingerprint density at radius 3 is 2.68 bits per heavy atom. The number of oxazole rings is 1. The van der Waals surface area contributed by atoms with Gasteiger partial charge in [-0.25, -0.2) is 13.2 Å². The van der Waals surface area contributed by atoms with E-state index in [1.807, 2.05) is 0 Å². The third-order valence-corrected chi connectivity index (χ3v) is 6.74. The molecule has 0 N–H and O–H groups in total. The fourth-order valence-corrected chi connectivity index (χ4v) is 5.33. The number of hydrogen-bond acceptors (Lipinski definition) is 5. The summed E-state index contributed by atoms with van der Waals surface area (Å²) in [5, 5.41) is 0.440. The van der Waals surface area contributed by atoms with Crippen molar-refractivity contribution < 1.29 is 17.6 Å². The van der Waals surface area contributed by atoms with E-state index in [-0.39, 0.29) is 36.0 Å². The lowest BCUT2D eigenvalue weighted by molar-refractivity contribution is -0.134. The summed E-state index contributed by atoms with van der Waals surface area (Å²) in [6.45, 7) is -0.166. The van der Waals surface area contributed by atoms with E-state index >= 15 is 0 Å². The van der Waals surface area contributed by atoms with Crippen LogP contribution >= 0.6 is 11.6 Å². The number of nitrogens with zero attached hydrogens (tertiary/aromatic N) is 2. The van der Waals surface area contributed by atoms with E-state index in [9.17, 15) is 18.0 Å². The third-order valence-electron chi connectivity index (χ3n) is 4.75. The number of halogens is 1. The van der Waals surface area contributed by atoms with Crippen molar-refractivity contribution in [2.45, 2.75) is 37.9 Å². The van der Waals surface area contributed by atoms with Crippen molar-refractivity contribution in [1.29, 1.82) is 0 Å². The number of aromatic nitrogens is 1. The van der Waals surface area contributed by atoms with Gasteiger partial charge in [-0.3, -0.25) is 9.36 Å². The van der Waals surface area contributed by atoms with Crippen molar-refractivity contribution in [1.82, 2.24) is 9.47 Å². The van der Waals surface area contributed by atoms with Gasteiger partial charge in [-0.05, 0) is 31.4 Å². The molecule has 0 unspecified atom stereocenters. The van der Waals surface area contributed by atoms with Crippen LogP contribution in [0.4, 0.5) is 0 Å². The zero-order valence-electron chi connectivity index (χ0n) is 13.4. The van der Waals surface area contributed by atoms with Gasteiger partial charge in [0.2, 0.25) is 5.91 Å². The Labute approximate surface area is 149 Å². The molecule has 1 saturated carbocycles. The Morgan fingerprint density at radius 2 is 2.04 bits per heavy atom. The molecule has 134 valence electrons. The number of benzene rings is 1. The van der Waals surface area contributed by atoms with Gasteiger partial charge in [-0.15, -0.1) is 0 Å². The summed E-state index contributed by atoms with van der Waals surface area (Å²) in [5.41, 5.74) is 0.823. The molecule has 1 amide bonds. The predicted molar refractivity (Wildman–Crippen MR) is 92.4 cm³/mol. The Kier molecular flexibility index (Phi) is 3.92. The second kappa shape index (κ2) is 5.88. The van der Waals surface area contributed by atoms with Gasteiger partial charge in [-0.2, -0.15) is 0 Å². The average molecular weight is 385 g/mol. The van der Waals surface area contributed by atoms with E-state index in [1.165, 1.54) is 10.6 Å². The molecule has 7 nitrogen and oxygen atoms in total. The maximum atomic E-state index is 12.9. The first kappa shape index (κ1) is 16.7. The summed E-state index contributed by atoms with van der Waals surface area (Å²) in [4.78, 5) is 26.6. The van der Waals surface area contributed by atoms with Crippen molar-refractivity contribution in [2.24, 2.45) is 0 Å². The Balaban J connectivity index is 1.62. The van der Waals surface area contributed by atoms with E-state index in [2.05, 4.69) is 0 Å². The Morgan fingerprint density at radius 1 is 1.28 bits per heavy atom. The summed E-state index contributed by atoms with van der Waals surface area (Å²) in [5.74, 6) is -0.752. The van der Waals surface area contributed by atoms with Crippen LogP contribution in [-0.4, -0.2) is 47.4 Å². The summed E-state index contributed by atoms with van der Waals surface area (Å²) < 4.78 is 30.0. The molecule has 0 radical (unpaired) electrons. The average Bonchev–Trinajstić information content (AvgIpc) is 3.22. The van der Waals surface area contributed by atoms with Crippen molar-refractivity contribution in [3.63, 3.8) is 0 Å². The fourth-order valence-electron chi connectivity index (χ4n) is 3.46. The highest BCUT2D eigenvalue weighted by Crippen LogP contribution is 2.32. The highest BCUT2D eigenvalue weighted by atomic mass is 35.5. The van der Waals surface area contributed by atoms with Crippen molar-refractivity contribution in [3.8, 4) is 0 Å². The van der Waals surface area contributed by atoms with Crippen LogP contribution in [0.25, 0.3) is 11.1 Å². The highest BCUT2D eigenvalue weighted by Gasteiger charge is 2.42. The quantitative estimate of drug-likeness (QED) is 0.795. The molecule has 25 heavy (non-hydrogen) atoms. The summed E-state index contributed by atoms with van der Waals surface area (Å²) in [6.07, 6.45) is 2.21. The molecule has 2 fully saturated rings. The van der Waals surface area contributed by atoms with Gasteiger partial charge >= 0.3 is 5.76 Å². The Bertz CT molecular complexity index is 1010. The van der Waals surface area contributed by atoms with Crippen LogP contribution in [0.3, 0.4) is 0 Å². The van der Waals surface area contributed by atoms with E-state index < -0.39 is 15.6 Å². The largest absolute Gasteiger partial charge is 0.420 e. The minimum Gasteiger partial charge on any atom is -0.408 e. The summed E-state index contributed by atoms with van der Waals surface area (Å²) >= 11 is 5.90. The van der Waals surface area contributed by atoms with Gasteiger partial charge in [0.15, 0.2) is 15.4 Å². The van der Waals surface area contributed by atoms with Crippen LogP contribution < -0.4 is 5.76 Å². The predicted octanol–water partition coefficient (Wildman–Crippen LogP) is 1.43. The molecular weight excluding hydrogens is 368 g/mol. The van der Waals surface area contributed by atoms with Crippen LogP contribution in [0, 0.1) is 0 Å². The van der Waals surface area contributed by atoms with Crippen LogP contribution in [0.2, 0.25) is 5.02 Å². The van der Waals surface area contributed by atoms with Gasteiger partial charge in [0.05, 0.1) is 17.0 Å². The van der Waals surface area contributed by atoms with Crippen LogP contribution in [0.1, 0.15) is 19.3 Å². The highest BCUT2D eigenvalue weighted by molar-refractivity contribution is 7.91. The van der Waals surface area contributed by atoms with E-state index in [0.29, 0.717) is 22.5 Å². The first-order valence-electron chi connectivity index (χ1n) is 8.14. The zero-order chi connectivity index (χ0) is 17.8. The second-order valence-electron chi connectivity index (χ2n) is 6.66. The molecule has 1 saturated heterocycles.